The van der Waals surface area contributed by atoms with Crippen LogP contribution in [-0.4, -0.2) is 0 Å². The van der Waals surface area contributed by atoms with E-state index >= 15 is 0 Å². The molecule has 0 saturated heterocycles. The van der Waals surface area contributed by atoms with Crippen LogP contribution in [0.5, 0.6) is 0 Å². The Labute approximate surface area is 161 Å². The smallest absolute Gasteiger partial charge is 0.0316 e. The highest BCUT2D eigenvalue weighted by Gasteiger charge is 2.28. The van der Waals surface area contributed by atoms with Gasteiger partial charge >= 0.3 is 0 Å². The van der Waals surface area contributed by atoms with E-state index in [1.54, 1.807) is 0 Å². The molecule has 0 aromatic heterocycles. The summed E-state index contributed by atoms with van der Waals surface area (Å²) in [5.41, 5.74) is 13.5. The Hall–Kier alpha value is -3.06. The Morgan fingerprint density at radius 3 is 2.07 bits per heavy atom. The van der Waals surface area contributed by atoms with Gasteiger partial charge in [-0.2, -0.15) is 0 Å². The molecule has 0 saturated carbocycles. The third-order valence-corrected chi connectivity index (χ3v) is 5.45. The van der Waals surface area contributed by atoms with Crippen molar-refractivity contribution in [3.8, 4) is 0 Å². The van der Waals surface area contributed by atoms with Gasteiger partial charge in [0, 0.05) is 11.6 Å². The molecule has 1 nitrogen and oxygen atoms in total. The van der Waals surface area contributed by atoms with E-state index in [1.807, 2.05) is 6.07 Å². The van der Waals surface area contributed by atoms with Crippen molar-refractivity contribution < 1.29 is 0 Å². The van der Waals surface area contributed by atoms with Crippen molar-refractivity contribution in [3.63, 3.8) is 0 Å². The molecule has 2 N–H and O–H groups in total. The molecule has 2 atom stereocenters. The zero-order chi connectivity index (χ0) is 18.6. The van der Waals surface area contributed by atoms with E-state index in [4.69, 9.17) is 5.73 Å². The summed E-state index contributed by atoms with van der Waals surface area (Å²) in [5, 5.41) is 0. The number of allylic oxidation sites excluding steroid dienone is 4. The lowest BCUT2D eigenvalue weighted by Crippen LogP contribution is -2.16. The first kappa shape index (κ1) is 17.4. The molecule has 3 aromatic carbocycles. The second-order valence-corrected chi connectivity index (χ2v) is 7.16. The molecule has 0 bridgehead atoms. The van der Waals surface area contributed by atoms with Crippen LogP contribution >= 0.6 is 0 Å². The number of nitrogens with two attached hydrogens (primary N) is 1. The number of benzene rings is 3. The van der Waals surface area contributed by atoms with E-state index in [9.17, 15) is 0 Å². The first-order valence-electron chi connectivity index (χ1n) is 9.66. The molecule has 2 unspecified atom stereocenters. The summed E-state index contributed by atoms with van der Waals surface area (Å²) in [7, 11) is 0. The number of nitrogen functional groups attached to an aromatic ring is 1. The van der Waals surface area contributed by atoms with Crippen LogP contribution in [0.3, 0.4) is 0 Å². The predicted molar refractivity (Wildman–Crippen MR) is 116 cm³/mol. The van der Waals surface area contributed by atoms with Crippen molar-refractivity contribution in [1.29, 1.82) is 0 Å². The van der Waals surface area contributed by atoms with E-state index < -0.39 is 0 Å². The van der Waals surface area contributed by atoms with E-state index in [1.165, 1.54) is 27.8 Å². The average molecular weight is 351 g/mol. The molecule has 1 heteroatoms. The van der Waals surface area contributed by atoms with Gasteiger partial charge in [-0.05, 0) is 52.3 Å². The van der Waals surface area contributed by atoms with Crippen LogP contribution in [0.1, 0.15) is 36.0 Å². The zero-order valence-corrected chi connectivity index (χ0v) is 15.7. The lowest BCUT2D eigenvalue weighted by molar-refractivity contribution is 0.578. The maximum absolute atomic E-state index is 6.11. The van der Waals surface area contributed by atoms with Crippen molar-refractivity contribution >= 4 is 16.8 Å². The van der Waals surface area contributed by atoms with Gasteiger partial charge in [0.25, 0.3) is 0 Å². The minimum atomic E-state index is 0.314. The summed E-state index contributed by atoms with van der Waals surface area (Å²) in [6.07, 6.45) is 5.88. The van der Waals surface area contributed by atoms with Crippen molar-refractivity contribution in [2.45, 2.75) is 19.3 Å². The minimum Gasteiger partial charge on any atom is -0.399 e. The molecule has 0 radical (unpaired) electrons. The molecule has 1 aliphatic rings. The summed E-state index contributed by atoms with van der Waals surface area (Å²) in [6, 6.07) is 29.8. The highest BCUT2D eigenvalue weighted by Crippen LogP contribution is 2.45. The van der Waals surface area contributed by atoms with Crippen LogP contribution in [0.25, 0.3) is 11.1 Å². The highest BCUT2D eigenvalue weighted by atomic mass is 14.5. The van der Waals surface area contributed by atoms with Gasteiger partial charge in [-0.15, -0.1) is 0 Å². The van der Waals surface area contributed by atoms with Gasteiger partial charge in [-0.1, -0.05) is 91.9 Å². The van der Waals surface area contributed by atoms with Gasteiger partial charge in [-0.3, -0.25) is 0 Å². The molecule has 0 fully saturated rings. The number of hydrogen-bond acceptors (Lipinski definition) is 1. The van der Waals surface area contributed by atoms with Crippen molar-refractivity contribution in [1.82, 2.24) is 0 Å². The summed E-state index contributed by atoms with van der Waals surface area (Å²) < 4.78 is 0. The quantitative estimate of drug-likeness (QED) is 0.529. The van der Waals surface area contributed by atoms with Crippen LogP contribution in [0.2, 0.25) is 0 Å². The highest BCUT2D eigenvalue weighted by molar-refractivity contribution is 5.88. The lowest BCUT2D eigenvalue weighted by Gasteiger charge is -2.32. The molecule has 1 aliphatic carbocycles. The molecular formula is C26H25N. The van der Waals surface area contributed by atoms with Gasteiger partial charge < -0.3 is 5.73 Å². The Morgan fingerprint density at radius 1 is 0.778 bits per heavy atom. The van der Waals surface area contributed by atoms with Crippen molar-refractivity contribution in [2.75, 3.05) is 5.73 Å². The molecule has 0 spiro atoms. The Kier molecular flexibility index (Phi) is 4.93. The molecule has 3 aromatic rings. The SMILES string of the molecule is CCC1C(c2ccccc2)=CC(c2ccccc2)=CC1c1cccc(N)c1. The second-order valence-electron chi connectivity index (χ2n) is 7.16. The first-order valence-corrected chi connectivity index (χ1v) is 9.66. The minimum absolute atomic E-state index is 0.314. The molecule has 0 aliphatic heterocycles. The third-order valence-electron chi connectivity index (χ3n) is 5.45. The van der Waals surface area contributed by atoms with Crippen LogP contribution in [0, 0.1) is 5.92 Å². The van der Waals surface area contributed by atoms with Gasteiger partial charge in [0.05, 0.1) is 0 Å². The summed E-state index contributed by atoms with van der Waals surface area (Å²) >= 11 is 0. The number of hydrogen-bond donors (Lipinski definition) is 1. The molecule has 134 valence electrons. The monoisotopic (exact) mass is 351 g/mol. The lowest BCUT2D eigenvalue weighted by atomic mass is 9.72. The van der Waals surface area contributed by atoms with Crippen LogP contribution < -0.4 is 5.73 Å². The van der Waals surface area contributed by atoms with Gasteiger partial charge in [0.15, 0.2) is 0 Å². The number of anilines is 1. The van der Waals surface area contributed by atoms with Gasteiger partial charge in [0.1, 0.15) is 0 Å². The summed E-state index contributed by atoms with van der Waals surface area (Å²) in [5.74, 6) is 0.746. The van der Waals surface area contributed by atoms with Gasteiger partial charge in [-0.25, -0.2) is 0 Å². The molecular weight excluding hydrogens is 326 g/mol. The normalized spacial score (nSPS) is 19.3. The fourth-order valence-corrected chi connectivity index (χ4v) is 4.13. The zero-order valence-electron chi connectivity index (χ0n) is 15.7. The van der Waals surface area contributed by atoms with E-state index in [0.717, 1.165) is 12.1 Å². The third kappa shape index (κ3) is 3.59. The first-order chi connectivity index (χ1) is 13.3. The molecule has 0 amide bonds. The molecule has 4 rings (SSSR count). The predicted octanol–water partition coefficient (Wildman–Crippen LogP) is 6.56. The second kappa shape index (κ2) is 7.67. The Bertz CT molecular complexity index is 967. The van der Waals surface area contributed by atoms with Crippen LogP contribution in [0.4, 0.5) is 5.69 Å². The number of rotatable bonds is 4. The van der Waals surface area contributed by atoms with E-state index in [0.29, 0.717) is 11.8 Å². The Balaban J connectivity index is 1.87. The fourth-order valence-electron chi connectivity index (χ4n) is 4.13. The van der Waals surface area contributed by atoms with Crippen molar-refractivity contribution in [3.05, 3.63) is 114 Å². The maximum Gasteiger partial charge on any atom is 0.0316 e. The standard InChI is InChI=1S/C26H25N/c1-2-24-25(20-12-7-4-8-13-20)17-22(19-10-5-3-6-11-19)18-26(24)21-14-9-15-23(27)16-21/h3-18,24,26H,2,27H2,1H3. The van der Waals surface area contributed by atoms with E-state index in [-0.39, 0.29) is 0 Å². The average Bonchev–Trinajstić information content (AvgIpc) is 2.74. The van der Waals surface area contributed by atoms with Gasteiger partial charge in [0.2, 0.25) is 0 Å². The fraction of sp³-hybridized carbons (Fsp3) is 0.154. The van der Waals surface area contributed by atoms with E-state index in [2.05, 4.69) is 97.9 Å². The maximum atomic E-state index is 6.11. The molecule has 27 heavy (non-hydrogen) atoms. The van der Waals surface area contributed by atoms with Crippen LogP contribution in [-0.2, 0) is 0 Å². The van der Waals surface area contributed by atoms with Crippen molar-refractivity contribution in [2.24, 2.45) is 5.92 Å². The Morgan fingerprint density at radius 2 is 1.44 bits per heavy atom. The topological polar surface area (TPSA) is 26.0 Å². The van der Waals surface area contributed by atoms with Crippen LogP contribution in [0.15, 0.2) is 97.1 Å². The summed E-state index contributed by atoms with van der Waals surface area (Å²) in [6.45, 7) is 2.28. The summed E-state index contributed by atoms with van der Waals surface area (Å²) in [4.78, 5) is 0. The largest absolute Gasteiger partial charge is 0.399 e. The molecule has 0 heterocycles.